The number of aliphatic hydroxyl groups excluding tert-OH is 1. The van der Waals surface area contributed by atoms with Crippen LogP contribution in [0.5, 0.6) is 5.88 Å². The van der Waals surface area contributed by atoms with Gasteiger partial charge in [0.2, 0.25) is 5.88 Å². The fraction of sp³-hybridized carbons (Fsp3) is 0.636. The van der Waals surface area contributed by atoms with E-state index < -0.39 is 6.10 Å². The molecule has 0 aliphatic rings. The van der Waals surface area contributed by atoms with Gasteiger partial charge in [-0.15, -0.1) is 0 Å². The van der Waals surface area contributed by atoms with Gasteiger partial charge in [-0.2, -0.15) is 0 Å². The Hall–Kier alpha value is -1.20. The van der Waals surface area contributed by atoms with Gasteiger partial charge in [-0.3, -0.25) is 0 Å². The number of methoxy groups -OCH3 is 1. The van der Waals surface area contributed by atoms with Crippen LogP contribution in [0.2, 0.25) is 0 Å². The van der Waals surface area contributed by atoms with Gasteiger partial charge in [-0.1, -0.05) is 0 Å². The molecule has 0 spiro atoms. The zero-order valence-corrected chi connectivity index (χ0v) is 9.72. The monoisotopic (exact) mass is 226 g/mol. The number of nitrogens with zero attached hydrogens (tertiary/aromatic N) is 2. The summed E-state index contributed by atoms with van der Waals surface area (Å²) in [7, 11) is 1.55. The summed E-state index contributed by atoms with van der Waals surface area (Å²) < 4.78 is 10.1. The first-order valence-electron chi connectivity index (χ1n) is 5.37. The van der Waals surface area contributed by atoms with Crippen molar-refractivity contribution in [2.45, 2.75) is 25.9 Å². The zero-order chi connectivity index (χ0) is 11.8. The van der Waals surface area contributed by atoms with Crippen LogP contribution in [0.3, 0.4) is 0 Å². The molecule has 1 atom stereocenters. The molecule has 1 rings (SSSR count). The molecule has 0 saturated heterocycles. The number of hydrogen-bond acceptors (Lipinski definition) is 5. The lowest BCUT2D eigenvalue weighted by Crippen LogP contribution is -2.14. The van der Waals surface area contributed by atoms with E-state index in [-0.39, 0.29) is 0 Å². The van der Waals surface area contributed by atoms with Crippen LogP contribution >= 0.6 is 0 Å². The summed E-state index contributed by atoms with van der Waals surface area (Å²) in [6, 6.07) is 1.73. The Balaban J connectivity index is 2.39. The van der Waals surface area contributed by atoms with Crippen molar-refractivity contribution in [2.75, 3.05) is 20.3 Å². The number of aromatic nitrogens is 2. The Morgan fingerprint density at radius 3 is 2.94 bits per heavy atom. The van der Waals surface area contributed by atoms with E-state index in [9.17, 15) is 5.11 Å². The van der Waals surface area contributed by atoms with Gasteiger partial charge in [0.05, 0.1) is 18.9 Å². The normalized spacial score (nSPS) is 12.4. The minimum absolute atomic E-state index is 0.439. The quantitative estimate of drug-likeness (QED) is 0.697. The second-order valence-corrected chi connectivity index (χ2v) is 3.40. The van der Waals surface area contributed by atoms with Crippen LogP contribution in [0.1, 0.15) is 19.0 Å². The van der Waals surface area contributed by atoms with E-state index >= 15 is 0 Å². The summed E-state index contributed by atoms with van der Waals surface area (Å²) >= 11 is 0. The van der Waals surface area contributed by atoms with Gasteiger partial charge in [-0.25, -0.2) is 9.97 Å². The molecule has 1 aromatic rings. The molecular formula is C11H18N2O3. The molecule has 0 fully saturated rings. The highest BCUT2D eigenvalue weighted by atomic mass is 16.5. The van der Waals surface area contributed by atoms with Crippen molar-refractivity contribution in [2.24, 2.45) is 0 Å². The van der Waals surface area contributed by atoms with Gasteiger partial charge in [0, 0.05) is 25.7 Å². The largest absolute Gasteiger partial charge is 0.481 e. The van der Waals surface area contributed by atoms with Gasteiger partial charge >= 0.3 is 0 Å². The van der Waals surface area contributed by atoms with Crippen molar-refractivity contribution in [1.29, 1.82) is 0 Å². The SMILES string of the molecule is CCOCCC(O)Cc1cc(OC)ncn1. The third kappa shape index (κ3) is 4.55. The molecule has 1 heterocycles. The van der Waals surface area contributed by atoms with E-state index in [1.807, 2.05) is 6.92 Å². The molecule has 0 aliphatic carbocycles. The highest BCUT2D eigenvalue weighted by Crippen LogP contribution is 2.09. The molecule has 0 aliphatic heterocycles. The van der Waals surface area contributed by atoms with Gasteiger partial charge in [0.15, 0.2) is 0 Å². The summed E-state index contributed by atoms with van der Waals surface area (Å²) in [5, 5.41) is 9.71. The van der Waals surface area contributed by atoms with Crippen LogP contribution in [0.25, 0.3) is 0 Å². The predicted octanol–water partition coefficient (Wildman–Crippen LogP) is 0.815. The first-order valence-corrected chi connectivity index (χ1v) is 5.37. The van der Waals surface area contributed by atoms with Crippen LogP contribution in [0.4, 0.5) is 0 Å². The van der Waals surface area contributed by atoms with Gasteiger partial charge in [0.25, 0.3) is 0 Å². The van der Waals surface area contributed by atoms with Gasteiger partial charge in [0.1, 0.15) is 6.33 Å². The molecule has 1 N–H and O–H groups in total. The first kappa shape index (κ1) is 12.9. The van der Waals surface area contributed by atoms with Crippen LogP contribution in [0, 0.1) is 0 Å². The Labute approximate surface area is 95.4 Å². The smallest absolute Gasteiger partial charge is 0.216 e. The van der Waals surface area contributed by atoms with E-state index in [1.165, 1.54) is 6.33 Å². The summed E-state index contributed by atoms with van der Waals surface area (Å²) in [5.41, 5.74) is 0.774. The second kappa shape index (κ2) is 7.14. The zero-order valence-electron chi connectivity index (χ0n) is 9.72. The summed E-state index contributed by atoms with van der Waals surface area (Å²) in [5.74, 6) is 0.516. The molecule has 1 aromatic heterocycles. The average Bonchev–Trinajstić information content (AvgIpc) is 2.29. The lowest BCUT2D eigenvalue weighted by atomic mass is 10.1. The molecule has 0 aromatic carbocycles. The van der Waals surface area contributed by atoms with E-state index in [1.54, 1.807) is 13.2 Å². The van der Waals surface area contributed by atoms with Crippen molar-refractivity contribution >= 4 is 0 Å². The fourth-order valence-electron chi connectivity index (χ4n) is 1.31. The molecule has 16 heavy (non-hydrogen) atoms. The first-order chi connectivity index (χ1) is 7.76. The number of rotatable bonds is 7. The standard InChI is InChI=1S/C11H18N2O3/c1-3-16-5-4-10(14)6-9-7-11(15-2)13-8-12-9/h7-8,10,14H,3-6H2,1-2H3. The predicted molar refractivity (Wildman–Crippen MR) is 59.4 cm³/mol. The minimum Gasteiger partial charge on any atom is -0.481 e. The summed E-state index contributed by atoms with van der Waals surface area (Å²) in [6.07, 6.45) is 2.10. The van der Waals surface area contributed by atoms with Crippen molar-refractivity contribution in [3.05, 3.63) is 18.1 Å². The molecule has 5 nitrogen and oxygen atoms in total. The maximum Gasteiger partial charge on any atom is 0.216 e. The third-order valence-corrected chi connectivity index (χ3v) is 2.15. The molecule has 0 amide bonds. The van der Waals surface area contributed by atoms with E-state index in [2.05, 4.69) is 9.97 Å². The Bertz CT molecular complexity index is 307. The summed E-state index contributed by atoms with van der Waals surface area (Å²) in [4.78, 5) is 7.96. The van der Waals surface area contributed by atoms with E-state index in [0.717, 1.165) is 5.69 Å². The van der Waals surface area contributed by atoms with Crippen molar-refractivity contribution < 1.29 is 14.6 Å². The fourth-order valence-corrected chi connectivity index (χ4v) is 1.31. The van der Waals surface area contributed by atoms with Crippen molar-refractivity contribution in [1.82, 2.24) is 9.97 Å². The molecule has 0 saturated carbocycles. The van der Waals surface area contributed by atoms with Crippen LogP contribution in [-0.4, -0.2) is 41.5 Å². The molecule has 0 radical (unpaired) electrons. The molecular weight excluding hydrogens is 208 g/mol. The molecule has 1 unspecified atom stereocenters. The van der Waals surface area contributed by atoms with Gasteiger partial charge < -0.3 is 14.6 Å². The minimum atomic E-state index is -0.439. The Kier molecular flexibility index (Phi) is 5.74. The van der Waals surface area contributed by atoms with Crippen molar-refractivity contribution in [3.8, 4) is 5.88 Å². The lowest BCUT2D eigenvalue weighted by Gasteiger charge is -2.10. The lowest BCUT2D eigenvalue weighted by molar-refractivity contribution is 0.0882. The molecule has 5 heteroatoms. The maximum absolute atomic E-state index is 9.71. The van der Waals surface area contributed by atoms with E-state index in [4.69, 9.17) is 9.47 Å². The Morgan fingerprint density at radius 2 is 2.25 bits per heavy atom. The number of hydrogen-bond donors (Lipinski definition) is 1. The molecule has 0 bridgehead atoms. The third-order valence-electron chi connectivity index (χ3n) is 2.15. The van der Waals surface area contributed by atoms with E-state index in [0.29, 0.717) is 31.9 Å². The van der Waals surface area contributed by atoms with Gasteiger partial charge in [-0.05, 0) is 13.3 Å². The van der Waals surface area contributed by atoms with Crippen molar-refractivity contribution in [3.63, 3.8) is 0 Å². The van der Waals surface area contributed by atoms with Crippen LogP contribution in [0.15, 0.2) is 12.4 Å². The van der Waals surface area contributed by atoms with Crippen LogP contribution < -0.4 is 4.74 Å². The maximum atomic E-state index is 9.71. The number of ether oxygens (including phenoxy) is 2. The second-order valence-electron chi connectivity index (χ2n) is 3.40. The molecule has 90 valence electrons. The average molecular weight is 226 g/mol. The summed E-state index contributed by atoms with van der Waals surface area (Å²) in [6.45, 7) is 3.18. The van der Waals surface area contributed by atoms with Crippen LogP contribution in [-0.2, 0) is 11.2 Å². The number of aliphatic hydroxyl groups is 1. The topological polar surface area (TPSA) is 64.5 Å². The Morgan fingerprint density at radius 1 is 1.44 bits per heavy atom. The highest BCUT2D eigenvalue weighted by molar-refractivity contribution is 5.13. The highest BCUT2D eigenvalue weighted by Gasteiger charge is 2.07.